The number of allylic oxidation sites excluding steroid dienone is 6. The summed E-state index contributed by atoms with van der Waals surface area (Å²) in [5.74, 6) is 3.66. The molecule has 2 rings (SSSR count). The summed E-state index contributed by atoms with van der Waals surface area (Å²) in [5, 5.41) is 8.44. The minimum absolute atomic E-state index is 0.846. The molecular weight excluding hydrogens is 302 g/mol. The van der Waals surface area contributed by atoms with Crippen molar-refractivity contribution in [3.63, 3.8) is 0 Å². The largest absolute Gasteiger partial charge is 0.193 e. The van der Waals surface area contributed by atoms with Crippen LogP contribution < -0.4 is 0 Å². The van der Waals surface area contributed by atoms with E-state index in [1.165, 1.54) is 76.7 Å². The van der Waals surface area contributed by atoms with Crippen LogP contribution in [0.1, 0.15) is 84.0 Å². The molecule has 2 aliphatic rings. The molecule has 0 saturated heterocycles. The molecule has 25 heavy (non-hydrogen) atoms. The topological polar surface area (TPSA) is 23.8 Å². The average Bonchev–Trinajstić information content (AvgIpc) is 2.65. The Balaban J connectivity index is 1.58. The van der Waals surface area contributed by atoms with Crippen molar-refractivity contribution in [1.29, 1.82) is 5.26 Å². The molecule has 0 radical (unpaired) electrons. The second-order valence-corrected chi connectivity index (χ2v) is 8.23. The molecule has 0 spiro atoms. The van der Waals surface area contributed by atoms with Crippen LogP contribution in [0.2, 0.25) is 0 Å². The molecule has 0 N–H and O–H groups in total. The summed E-state index contributed by atoms with van der Waals surface area (Å²) < 4.78 is 0. The zero-order valence-electron chi connectivity index (χ0n) is 16.2. The van der Waals surface area contributed by atoms with Crippen molar-refractivity contribution in [1.82, 2.24) is 0 Å². The van der Waals surface area contributed by atoms with Crippen molar-refractivity contribution in [2.24, 2.45) is 23.7 Å². The minimum Gasteiger partial charge on any atom is -0.193 e. The summed E-state index contributed by atoms with van der Waals surface area (Å²) in [7, 11) is 0. The van der Waals surface area contributed by atoms with Gasteiger partial charge >= 0.3 is 0 Å². The zero-order valence-corrected chi connectivity index (χ0v) is 16.2. The Morgan fingerprint density at radius 3 is 1.88 bits per heavy atom. The van der Waals surface area contributed by atoms with Crippen molar-refractivity contribution < 1.29 is 0 Å². The number of nitriles is 1. The van der Waals surface area contributed by atoms with E-state index in [0.717, 1.165) is 30.1 Å². The normalized spacial score (nSPS) is 31.0. The number of nitrogens with zero attached hydrogens (tertiary/aromatic N) is 1. The van der Waals surface area contributed by atoms with Gasteiger partial charge in [-0.2, -0.15) is 5.26 Å². The van der Waals surface area contributed by atoms with Crippen LogP contribution in [0.15, 0.2) is 36.5 Å². The summed E-state index contributed by atoms with van der Waals surface area (Å²) in [6, 6.07) is 2.02. The van der Waals surface area contributed by atoms with E-state index in [0.29, 0.717) is 0 Å². The molecule has 0 aromatic carbocycles. The highest BCUT2D eigenvalue weighted by atomic mass is 14.3. The van der Waals surface area contributed by atoms with Gasteiger partial charge < -0.3 is 0 Å². The first-order valence-electron chi connectivity index (χ1n) is 10.7. The Morgan fingerprint density at radius 2 is 1.36 bits per heavy atom. The summed E-state index contributed by atoms with van der Waals surface area (Å²) in [6.07, 6.45) is 29.4. The first-order valence-corrected chi connectivity index (χ1v) is 10.7. The molecule has 0 heterocycles. The smallest absolute Gasteiger partial charge is 0.0912 e. The van der Waals surface area contributed by atoms with E-state index in [1.54, 1.807) is 0 Å². The Labute approximate surface area is 155 Å². The van der Waals surface area contributed by atoms with Crippen LogP contribution in [-0.2, 0) is 0 Å². The number of hydrogen-bond acceptors (Lipinski definition) is 1. The maximum absolute atomic E-state index is 8.44. The Morgan fingerprint density at radius 1 is 0.800 bits per heavy atom. The van der Waals surface area contributed by atoms with Gasteiger partial charge in [0.05, 0.1) is 6.07 Å². The molecule has 0 bridgehead atoms. The van der Waals surface area contributed by atoms with Gasteiger partial charge in [-0.1, -0.05) is 50.1 Å². The molecule has 138 valence electrons. The van der Waals surface area contributed by atoms with E-state index < -0.39 is 0 Å². The van der Waals surface area contributed by atoms with E-state index >= 15 is 0 Å². The van der Waals surface area contributed by atoms with Gasteiger partial charge in [0.25, 0.3) is 0 Å². The first kappa shape index (κ1) is 20.0. The van der Waals surface area contributed by atoms with Crippen LogP contribution in [0.5, 0.6) is 0 Å². The van der Waals surface area contributed by atoms with E-state index in [4.69, 9.17) is 5.26 Å². The lowest BCUT2D eigenvalue weighted by molar-refractivity contribution is 0.286. The summed E-state index contributed by atoms with van der Waals surface area (Å²) in [4.78, 5) is 0. The molecule has 0 aromatic rings. The third-order valence-electron chi connectivity index (χ3n) is 6.29. The molecule has 2 saturated carbocycles. The van der Waals surface area contributed by atoms with Crippen LogP contribution in [0.25, 0.3) is 0 Å². The fourth-order valence-corrected chi connectivity index (χ4v) is 4.67. The average molecular weight is 340 g/mol. The van der Waals surface area contributed by atoms with Gasteiger partial charge in [0.15, 0.2) is 0 Å². The first-order chi connectivity index (χ1) is 12.3. The predicted octanol–water partition coefficient (Wildman–Crippen LogP) is 7.37. The Kier molecular flexibility index (Phi) is 9.71. The van der Waals surface area contributed by atoms with Gasteiger partial charge in [0, 0.05) is 6.08 Å². The highest BCUT2D eigenvalue weighted by molar-refractivity contribution is 5.11. The van der Waals surface area contributed by atoms with Crippen LogP contribution in [0.3, 0.4) is 0 Å². The third-order valence-corrected chi connectivity index (χ3v) is 6.29. The minimum atomic E-state index is 0.846. The standard InChI is InChI=1S/C24H37N/c1-2-8-21-10-14-23(15-11-21)18-19-24-16-12-22(13-17-24)9-6-4-3-5-7-20-25/h3-5,7,18-19,21-24H,2,6,8-17H2,1H3. The highest BCUT2D eigenvalue weighted by Gasteiger charge is 2.21. The highest BCUT2D eigenvalue weighted by Crippen LogP contribution is 2.35. The van der Waals surface area contributed by atoms with E-state index in [-0.39, 0.29) is 0 Å². The fraction of sp³-hybridized carbons (Fsp3) is 0.708. The van der Waals surface area contributed by atoms with Gasteiger partial charge in [-0.15, -0.1) is 0 Å². The molecule has 2 fully saturated rings. The monoisotopic (exact) mass is 339 g/mol. The van der Waals surface area contributed by atoms with Crippen LogP contribution in [0.4, 0.5) is 0 Å². The molecule has 0 amide bonds. The van der Waals surface area contributed by atoms with Crippen LogP contribution in [0, 0.1) is 35.0 Å². The van der Waals surface area contributed by atoms with Crippen molar-refractivity contribution in [3.8, 4) is 6.07 Å². The van der Waals surface area contributed by atoms with E-state index in [9.17, 15) is 0 Å². The lowest BCUT2D eigenvalue weighted by Gasteiger charge is -2.28. The molecule has 0 unspecified atom stereocenters. The van der Waals surface area contributed by atoms with Crippen LogP contribution in [-0.4, -0.2) is 0 Å². The molecule has 0 aromatic heterocycles. The molecule has 0 aliphatic heterocycles. The van der Waals surface area contributed by atoms with Crippen LogP contribution >= 0.6 is 0 Å². The summed E-state index contributed by atoms with van der Waals surface area (Å²) >= 11 is 0. The fourth-order valence-electron chi connectivity index (χ4n) is 4.67. The van der Waals surface area contributed by atoms with Crippen molar-refractivity contribution in [3.05, 3.63) is 36.5 Å². The van der Waals surface area contributed by atoms with Gasteiger partial charge in [0.2, 0.25) is 0 Å². The third kappa shape index (κ3) is 8.08. The predicted molar refractivity (Wildman–Crippen MR) is 108 cm³/mol. The summed E-state index contributed by atoms with van der Waals surface area (Å²) in [6.45, 7) is 2.32. The number of hydrogen-bond donors (Lipinski definition) is 0. The molecule has 1 nitrogen and oxygen atoms in total. The van der Waals surface area contributed by atoms with Gasteiger partial charge in [-0.25, -0.2) is 0 Å². The quantitative estimate of drug-likeness (QED) is 0.257. The van der Waals surface area contributed by atoms with Crippen molar-refractivity contribution in [2.45, 2.75) is 84.0 Å². The van der Waals surface area contributed by atoms with E-state index in [1.807, 2.05) is 18.2 Å². The second kappa shape index (κ2) is 12.1. The SMILES string of the molecule is CCCC1CCC(C=CC2CCC(CCC=CC=CC#N)CC2)CC1. The maximum Gasteiger partial charge on any atom is 0.0912 e. The van der Waals surface area contributed by atoms with Crippen molar-refractivity contribution >= 4 is 0 Å². The molecular formula is C24H37N. The Bertz CT molecular complexity index is 463. The number of rotatable bonds is 8. The van der Waals surface area contributed by atoms with E-state index in [2.05, 4.69) is 25.2 Å². The zero-order chi connectivity index (χ0) is 17.7. The van der Waals surface area contributed by atoms with Gasteiger partial charge in [-0.3, -0.25) is 0 Å². The maximum atomic E-state index is 8.44. The molecule has 1 heteroatoms. The lowest BCUT2D eigenvalue weighted by atomic mass is 9.77. The van der Waals surface area contributed by atoms with Crippen molar-refractivity contribution in [2.75, 3.05) is 0 Å². The van der Waals surface area contributed by atoms with Gasteiger partial charge in [-0.05, 0) is 87.9 Å². The van der Waals surface area contributed by atoms with Gasteiger partial charge in [0.1, 0.15) is 0 Å². The lowest BCUT2D eigenvalue weighted by Crippen LogP contribution is -2.15. The molecule has 0 atom stereocenters. The Hall–Kier alpha value is -1.29. The second-order valence-electron chi connectivity index (χ2n) is 8.23. The summed E-state index contributed by atoms with van der Waals surface area (Å²) in [5.41, 5.74) is 0. The molecule has 2 aliphatic carbocycles.